The molecule has 0 aliphatic heterocycles. The summed E-state index contributed by atoms with van der Waals surface area (Å²) in [6, 6.07) is 4.28. The van der Waals surface area contributed by atoms with E-state index in [1.165, 1.54) is 12.1 Å². The van der Waals surface area contributed by atoms with Gasteiger partial charge in [-0.3, -0.25) is 0 Å². The van der Waals surface area contributed by atoms with E-state index in [4.69, 9.17) is 10.8 Å². The number of benzene rings is 1. The molecule has 0 fully saturated rings. The Morgan fingerprint density at radius 3 is 2.38 bits per heavy atom. The highest BCUT2D eigenvalue weighted by atomic mass is 19.4. The molecule has 0 amide bonds. The quantitative estimate of drug-likeness (QED) is 0.663. The summed E-state index contributed by atoms with van der Waals surface area (Å²) in [4.78, 5) is 0. The number of nitrogens with two attached hydrogens (primary N) is 1. The maximum Gasteiger partial charge on any atom is 0.416 e. The van der Waals surface area contributed by atoms with Crippen molar-refractivity contribution < 1.29 is 18.3 Å². The van der Waals surface area contributed by atoms with Crippen LogP contribution >= 0.6 is 0 Å². The Hall–Kier alpha value is -1.07. The van der Waals surface area contributed by atoms with Crippen LogP contribution in [-0.2, 0) is 6.18 Å². The molecule has 5 heteroatoms. The molecule has 0 saturated heterocycles. The molecule has 0 bridgehead atoms. The van der Waals surface area contributed by atoms with Crippen LogP contribution in [0.15, 0.2) is 24.3 Å². The maximum absolute atomic E-state index is 12.1. The summed E-state index contributed by atoms with van der Waals surface area (Å²) in [6.45, 7) is 0. The van der Waals surface area contributed by atoms with Crippen molar-refractivity contribution in [2.75, 3.05) is 0 Å². The van der Waals surface area contributed by atoms with Crippen LogP contribution in [0.5, 0.6) is 0 Å². The topological polar surface area (TPSA) is 46.2 Å². The lowest BCUT2D eigenvalue weighted by Gasteiger charge is -2.09. The molecule has 1 aromatic rings. The van der Waals surface area contributed by atoms with E-state index in [0.717, 1.165) is 12.1 Å². The molecule has 13 heavy (non-hydrogen) atoms. The second-order valence-electron chi connectivity index (χ2n) is 2.57. The van der Waals surface area contributed by atoms with Crippen LogP contribution in [-0.4, -0.2) is 5.11 Å². The molecule has 0 saturated carbocycles. The van der Waals surface area contributed by atoms with Crippen LogP contribution in [0.3, 0.4) is 0 Å². The SMILES string of the molecule is N[C@@H](O)c1cccc(C(F)(F)F)c1. The molecule has 0 unspecified atom stereocenters. The Kier molecular flexibility index (Phi) is 2.58. The first-order valence-corrected chi connectivity index (χ1v) is 3.52. The Bertz CT molecular complexity index is 296. The zero-order chi connectivity index (χ0) is 10.1. The van der Waals surface area contributed by atoms with E-state index in [1.807, 2.05) is 0 Å². The second kappa shape index (κ2) is 3.35. The van der Waals surface area contributed by atoms with Crippen molar-refractivity contribution in [2.45, 2.75) is 12.4 Å². The number of aliphatic hydroxyl groups excluding tert-OH is 1. The van der Waals surface area contributed by atoms with Gasteiger partial charge in [-0.15, -0.1) is 0 Å². The fourth-order valence-corrected chi connectivity index (χ4v) is 0.899. The molecule has 1 atom stereocenters. The highest BCUT2D eigenvalue weighted by Gasteiger charge is 2.30. The number of rotatable bonds is 1. The third kappa shape index (κ3) is 2.43. The minimum absolute atomic E-state index is 0.0508. The van der Waals surface area contributed by atoms with Crippen molar-refractivity contribution in [3.8, 4) is 0 Å². The Balaban J connectivity index is 3.06. The number of alkyl halides is 3. The van der Waals surface area contributed by atoms with Gasteiger partial charge in [-0.2, -0.15) is 13.2 Å². The van der Waals surface area contributed by atoms with Gasteiger partial charge in [0.2, 0.25) is 0 Å². The molecule has 0 aliphatic carbocycles. The third-order valence-electron chi connectivity index (χ3n) is 1.56. The van der Waals surface area contributed by atoms with Crippen LogP contribution in [0.1, 0.15) is 17.4 Å². The van der Waals surface area contributed by atoms with Gasteiger partial charge < -0.3 is 10.8 Å². The average Bonchev–Trinajstić information content (AvgIpc) is 2.03. The summed E-state index contributed by atoms with van der Waals surface area (Å²) < 4.78 is 36.3. The first-order chi connectivity index (χ1) is 5.91. The molecule has 0 radical (unpaired) electrons. The van der Waals surface area contributed by atoms with E-state index in [1.54, 1.807) is 0 Å². The van der Waals surface area contributed by atoms with Gasteiger partial charge >= 0.3 is 6.18 Å². The standard InChI is InChI=1S/C8H8F3NO/c9-8(10,11)6-3-1-2-5(4-6)7(12)13/h1-4,7,13H,12H2/t7-/m0/s1. The van der Waals surface area contributed by atoms with E-state index >= 15 is 0 Å². The van der Waals surface area contributed by atoms with Crippen molar-refractivity contribution in [2.24, 2.45) is 5.73 Å². The third-order valence-corrected chi connectivity index (χ3v) is 1.56. The van der Waals surface area contributed by atoms with Gasteiger partial charge in [0.05, 0.1) is 5.56 Å². The van der Waals surface area contributed by atoms with Crippen LogP contribution in [0, 0.1) is 0 Å². The van der Waals surface area contributed by atoms with Gasteiger partial charge in [-0.25, -0.2) is 0 Å². The van der Waals surface area contributed by atoms with Gasteiger partial charge in [-0.1, -0.05) is 12.1 Å². The highest BCUT2D eigenvalue weighted by Crippen LogP contribution is 2.30. The first kappa shape index (κ1) is 10.0. The lowest BCUT2D eigenvalue weighted by molar-refractivity contribution is -0.137. The average molecular weight is 191 g/mol. The van der Waals surface area contributed by atoms with Gasteiger partial charge in [0.1, 0.15) is 6.23 Å². The molecule has 0 aliphatic rings. The molecular formula is C8H8F3NO. The summed E-state index contributed by atoms with van der Waals surface area (Å²) in [5, 5.41) is 8.82. The van der Waals surface area contributed by atoms with Crippen LogP contribution in [0.2, 0.25) is 0 Å². The minimum Gasteiger partial charge on any atom is -0.375 e. The van der Waals surface area contributed by atoms with E-state index < -0.39 is 18.0 Å². The Morgan fingerprint density at radius 1 is 1.31 bits per heavy atom. The van der Waals surface area contributed by atoms with Crippen LogP contribution in [0.4, 0.5) is 13.2 Å². The Morgan fingerprint density at radius 2 is 1.92 bits per heavy atom. The smallest absolute Gasteiger partial charge is 0.375 e. The second-order valence-corrected chi connectivity index (χ2v) is 2.57. The monoisotopic (exact) mass is 191 g/mol. The first-order valence-electron chi connectivity index (χ1n) is 3.52. The van der Waals surface area contributed by atoms with Gasteiger partial charge in [-0.05, 0) is 17.7 Å². The lowest BCUT2D eigenvalue weighted by Crippen LogP contribution is -2.11. The van der Waals surface area contributed by atoms with Crippen molar-refractivity contribution in [3.63, 3.8) is 0 Å². The maximum atomic E-state index is 12.1. The fraction of sp³-hybridized carbons (Fsp3) is 0.250. The zero-order valence-electron chi connectivity index (χ0n) is 6.55. The summed E-state index contributed by atoms with van der Waals surface area (Å²) in [5.41, 5.74) is 4.25. The van der Waals surface area contributed by atoms with Crippen LogP contribution in [0.25, 0.3) is 0 Å². The molecule has 0 spiro atoms. The predicted molar refractivity (Wildman–Crippen MR) is 40.6 cm³/mol. The van der Waals surface area contributed by atoms with Crippen molar-refractivity contribution in [3.05, 3.63) is 35.4 Å². The number of hydrogen-bond acceptors (Lipinski definition) is 2. The molecular weight excluding hydrogens is 183 g/mol. The van der Waals surface area contributed by atoms with Crippen LogP contribution < -0.4 is 5.73 Å². The Labute approximate surface area is 72.8 Å². The molecule has 0 aromatic heterocycles. The van der Waals surface area contributed by atoms with E-state index in [2.05, 4.69) is 0 Å². The highest BCUT2D eigenvalue weighted by molar-refractivity contribution is 5.26. The van der Waals surface area contributed by atoms with Crippen molar-refractivity contribution in [1.29, 1.82) is 0 Å². The number of aliphatic hydroxyl groups is 1. The molecule has 1 rings (SSSR count). The van der Waals surface area contributed by atoms with Gasteiger partial charge in [0.15, 0.2) is 0 Å². The zero-order valence-corrected chi connectivity index (χ0v) is 6.55. The molecule has 2 nitrogen and oxygen atoms in total. The lowest BCUT2D eigenvalue weighted by atomic mass is 10.1. The molecule has 1 aromatic carbocycles. The van der Waals surface area contributed by atoms with Crippen molar-refractivity contribution >= 4 is 0 Å². The molecule has 72 valence electrons. The minimum atomic E-state index is -4.40. The van der Waals surface area contributed by atoms with E-state index in [0.29, 0.717) is 0 Å². The number of hydrogen-bond donors (Lipinski definition) is 2. The van der Waals surface area contributed by atoms with Crippen molar-refractivity contribution in [1.82, 2.24) is 0 Å². The largest absolute Gasteiger partial charge is 0.416 e. The summed E-state index contributed by atoms with van der Waals surface area (Å²) >= 11 is 0. The van der Waals surface area contributed by atoms with Gasteiger partial charge in [0.25, 0.3) is 0 Å². The number of halogens is 3. The summed E-state index contributed by atoms with van der Waals surface area (Å²) in [6.07, 6.45) is -5.77. The van der Waals surface area contributed by atoms with E-state index in [-0.39, 0.29) is 5.56 Å². The summed E-state index contributed by atoms with van der Waals surface area (Å²) in [7, 11) is 0. The van der Waals surface area contributed by atoms with Gasteiger partial charge in [0, 0.05) is 0 Å². The molecule has 3 N–H and O–H groups in total. The molecule has 0 heterocycles. The fourth-order valence-electron chi connectivity index (χ4n) is 0.899. The predicted octanol–water partition coefficient (Wildman–Crippen LogP) is 1.66. The van der Waals surface area contributed by atoms with E-state index in [9.17, 15) is 13.2 Å². The summed E-state index contributed by atoms with van der Waals surface area (Å²) in [5.74, 6) is 0. The normalized spacial score (nSPS) is 14.2.